The summed E-state index contributed by atoms with van der Waals surface area (Å²) in [5.74, 6) is 0. The number of para-hydroxylation sites is 2. The summed E-state index contributed by atoms with van der Waals surface area (Å²) in [6.45, 7) is 2.93. The minimum absolute atomic E-state index is 0.669. The smallest absolute Gasteiger partial charge is 0.272 e. The van der Waals surface area contributed by atoms with Crippen LogP contribution in [0, 0.1) is 0 Å². The second-order valence-electron chi connectivity index (χ2n) is 2.55. The van der Waals surface area contributed by atoms with Gasteiger partial charge in [0.2, 0.25) is 0 Å². The first-order valence-corrected chi connectivity index (χ1v) is 4.97. The number of benzene rings is 1. The van der Waals surface area contributed by atoms with Crippen LogP contribution in [0.15, 0.2) is 33.9 Å². The molecule has 0 radical (unpaired) electrons. The predicted octanol–water partition coefficient (Wildman–Crippen LogP) is 2.44. The van der Waals surface area contributed by atoms with Crippen LogP contribution >= 0.6 is 11.9 Å². The second-order valence-corrected chi connectivity index (χ2v) is 3.39. The van der Waals surface area contributed by atoms with Crippen LogP contribution in [-0.4, -0.2) is 11.5 Å². The van der Waals surface area contributed by atoms with Crippen molar-refractivity contribution in [2.45, 2.75) is 12.1 Å². The van der Waals surface area contributed by atoms with Gasteiger partial charge in [-0.2, -0.15) is 0 Å². The van der Waals surface area contributed by atoms with E-state index in [4.69, 9.17) is 4.42 Å². The highest BCUT2D eigenvalue weighted by Crippen LogP contribution is 2.20. The number of rotatable bonds is 3. The van der Waals surface area contributed by atoms with Crippen LogP contribution in [0.3, 0.4) is 0 Å². The third-order valence-corrected chi connectivity index (χ3v) is 2.36. The number of aromatic nitrogens is 1. The molecular formula is C9H10N2OS. The van der Waals surface area contributed by atoms with E-state index in [1.807, 2.05) is 31.2 Å². The van der Waals surface area contributed by atoms with E-state index in [2.05, 4.69) is 9.71 Å². The minimum Gasteiger partial charge on any atom is -0.430 e. The van der Waals surface area contributed by atoms with Gasteiger partial charge in [0.1, 0.15) is 5.52 Å². The number of nitrogens with zero attached hydrogens (tertiary/aromatic N) is 1. The second kappa shape index (κ2) is 3.81. The molecule has 2 rings (SSSR count). The Morgan fingerprint density at radius 1 is 1.46 bits per heavy atom. The summed E-state index contributed by atoms with van der Waals surface area (Å²) >= 11 is 1.42. The maximum Gasteiger partial charge on any atom is 0.272 e. The minimum atomic E-state index is 0.669. The number of fused-ring (bicyclic) bond motifs is 1. The lowest BCUT2D eigenvalue weighted by Gasteiger charge is -1.91. The Labute approximate surface area is 80.7 Å². The van der Waals surface area contributed by atoms with E-state index in [9.17, 15) is 0 Å². The van der Waals surface area contributed by atoms with E-state index >= 15 is 0 Å². The molecule has 13 heavy (non-hydrogen) atoms. The summed E-state index contributed by atoms with van der Waals surface area (Å²) < 4.78 is 8.55. The fourth-order valence-electron chi connectivity index (χ4n) is 1.03. The van der Waals surface area contributed by atoms with Crippen molar-refractivity contribution in [2.24, 2.45) is 0 Å². The molecule has 0 aliphatic carbocycles. The SMILES string of the molecule is CCNSc1nc2ccccc2o1. The molecular weight excluding hydrogens is 184 g/mol. The lowest BCUT2D eigenvalue weighted by atomic mass is 10.3. The summed E-state index contributed by atoms with van der Waals surface area (Å²) in [5, 5.41) is 0.669. The molecule has 0 fully saturated rings. The maximum atomic E-state index is 5.46. The molecule has 1 aromatic carbocycles. The largest absolute Gasteiger partial charge is 0.430 e. The molecule has 0 aliphatic rings. The Kier molecular flexibility index (Phi) is 2.52. The topological polar surface area (TPSA) is 38.1 Å². The lowest BCUT2D eigenvalue weighted by molar-refractivity contribution is 0.488. The normalized spacial score (nSPS) is 10.8. The molecule has 4 heteroatoms. The van der Waals surface area contributed by atoms with Crippen LogP contribution in [0.25, 0.3) is 11.1 Å². The summed E-state index contributed by atoms with van der Waals surface area (Å²) in [7, 11) is 0. The van der Waals surface area contributed by atoms with Crippen LogP contribution < -0.4 is 4.72 Å². The Bertz CT molecular complexity index is 366. The molecule has 0 spiro atoms. The van der Waals surface area contributed by atoms with E-state index in [-0.39, 0.29) is 0 Å². The number of nitrogens with one attached hydrogen (secondary N) is 1. The van der Waals surface area contributed by atoms with E-state index in [0.717, 1.165) is 17.6 Å². The zero-order valence-corrected chi connectivity index (χ0v) is 8.10. The van der Waals surface area contributed by atoms with Crippen molar-refractivity contribution in [2.75, 3.05) is 6.54 Å². The Morgan fingerprint density at radius 2 is 2.31 bits per heavy atom. The summed E-state index contributed by atoms with van der Waals surface area (Å²) in [6.07, 6.45) is 0. The van der Waals surface area contributed by atoms with Gasteiger partial charge in [-0.1, -0.05) is 19.1 Å². The number of hydrogen-bond donors (Lipinski definition) is 1. The Morgan fingerprint density at radius 3 is 3.08 bits per heavy atom. The maximum absolute atomic E-state index is 5.46. The van der Waals surface area contributed by atoms with Crippen molar-refractivity contribution < 1.29 is 4.42 Å². The standard InChI is InChI=1S/C9H10N2OS/c1-2-10-13-9-11-7-5-3-4-6-8(7)12-9/h3-6,10H,2H2,1H3. The van der Waals surface area contributed by atoms with Gasteiger partial charge in [-0.05, 0) is 12.1 Å². The molecule has 0 unspecified atom stereocenters. The van der Waals surface area contributed by atoms with E-state index in [1.54, 1.807) is 0 Å². The molecule has 0 saturated heterocycles. The van der Waals surface area contributed by atoms with Gasteiger partial charge in [-0.25, -0.2) is 4.98 Å². The fraction of sp³-hybridized carbons (Fsp3) is 0.222. The summed E-state index contributed by atoms with van der Waals surface area (Å²) in [5.41, 5.74) is 1.74. The number of hydrogen-bond acceptors (Lipinski definition) is 4. The molecule has 2 aromatic rings. The molecule has 0 atom stereocenters. The van der Waals surface area contributed by atoms with Crippen LogP contribution in [0.1, 0.15) is 6.92 Å². The number of oxazole rings is 1. The molecule has 0 saturated carbocycles. The monoisotopic (exact) mass is 194 g/mol. The first-order chi connectivity index (χ1) is 6.40. The summed E-state index contributed by atoms with van der Waals surface area (Å²) in [6, 6.07) is 7.74. The molecule has 0 bridgehead atoms. The van der Waals surface area contributed by atoms with Crippen LogP contribution in [0.4, 0.5) is 0 Å². The highest BCUT2D eigenvalue weighted by atomic mass is 32.2. The van der Waals surface area contributed by atoms with Gasteiger partial charge < -0.3 is 4.42 Å². The van der Waals surface area contributed by atoms with Gasteiger partial charge in [0.25, 0.3) is 5.22 Å². The van der Waals surface area contributed by atoms with Crippen molar-refractivity contribution in [3.8, 4) is 0 Å². The van der Waals surface area contributed by atoms with E-state index in [1.165, 1.54) is 11.9 Å². The first kappa shape index (κ1) is 8.59. The zero-order chi connectivity index (χ0) is 9.10. The third kappa shape index (κ3) is 1.84. The van der Waals surface area contributed by atoms with Gasteiger partial charge in [0, 0.05) is 18.5 Å². The van der Waals surface area contributed by atoms with Gasteiger partial charge in [-0.15, -0.1) is 0 Å². The van der Waals surface area contributed by atoms with E-state index < -0.39 is 0 Å². The lowest BCUT2D eigenvalue weighted by Crippen LogP contribution is -1.99. The van der Waals surface area contributed by atoms with Crippen LogP contribution in [-0.2, 0) is 0 Å². The van der Waals surface area contributed by atoms with Crippen molar-refractivity contribution in [1.29, 1.82) is 0 Å². The Hall–Kier alpha value is -1.00. The van der Waals surface area contributed by atoms with E-state index in [0.29, 0.717) is 5.22 Å². The highest BCUT2D eigenvalue weighted by Gasteiger charge is 2.03. The fourth-order valence-corrected chi connectivity index (χ4v) is 1.57. The molecule has 0 amide bonds. The molecule has 1 N–H and O–H groups in total. The predicted molar refractivity (Wildman–Crippen MR) is 53.5 cm³/mol. The van der Waals surface area contributed by atoms with Crippen LogP contribution in [0.2, 0.25) is 0 Å². The average molecular weight is 194 g/mol. The van der Waals surface area contributed by atoms with Crippen molar-refractivity contribution in [1.82, 2.24) is 9.71 Å². The van der Waals surface area contributed by atoms with Crippen molar-refractivity contribution in [3.05, 3.63) is 24.3 Å². The third-order valence-electron chi connectivity index (χ3n) is 1.58. The molecule has 0 aliphatic heterocycles. The molecule has 1 heterocycles. The van der Waals surface area contributed by atoms with Gasteiger partial charge >= 0.3 is 0 Å². The van der Waals surface area contributed by atoms with Crippen LogP contribution in [0.5, 0.6) is 0 Å². The molecule has 68 valence electrons. The van der Waals surface area contributed by atoms with Gasteiger partial charge in [0.05, 0.1) is 0 Å². The molecule has 3 nitrogen and oxygen atoms in total. The Balaban J connectivity index is 2.28. The van der Waals surface area contributed by atoms with Crippen molar-refractivity contribution in [3.63, 3.8) is 0 Å². The quantitative estimate of drug-likeness (QED) is 0.762. The van der Waals surface area contributed by atoms with Gasteiger partial charge in [-0.3, -0.25) is 4.72 Å². The molecule has 1 aromatic heterocycles. The first-order valence-electron chi connectivity index (χ1n) is 4.15. The highest BCUT2D eigenvalue weighted by molar-refractivity contribution is 7.97. The average Bonchev–Trinajstić information content (AvgIpc) is 2.57. The summed E-state index contributed by atoms with van der Waals surface area (Å²) in [4.78, 5) is 4.28. The zero-order valence-electron chi connectivity index (χ0n) is 7.28. The van der Waals surface area contributed by atoms with Gasteiger partial charge in [0.15, 0.2) is 5.58 Å². The van der Waals surface area contributed by atoms with Crippen molar-refractivity contribution >= 4 is 23.0 Å².